The van der Waals surface area contributed by atoms with Crippen molar-refractivity contribution in [1.29, 1.82) is 0 Å². The number of para-hydroxylation sites is 2. The highest BCUT2D eigenvalue weighted by molar-refractivity contribution is 8.00. The number of tetrazole rings is 2. The second-order valence-corrected chi connectivity index (χ2v) is 11.3. The van der Waals surface area contributed by atoms with E-state index < -0.39 is 0 Å². The van der Waals surface area contributed by atoms with Gasteiger partial charge in [0.15, 0.2) is 0 Å². The van der Waals surface area contributed by atoms with Crippen LogP contribution in [0, 0.1) is 11.8 Å². The standard InChI is InChI=1S/C24H26N8O3S2/c1-3-7-19(8-4-1)31-23(25-27-29-31)36-21-11-17(21)13-33-15-35-16-34-14-18-12-22(18)37-24-26-28-30-32(24)20-9-5-2-6-10-20/h1-10,17-18,21-22H,11-16H2. The van der Waals surface area contributed by atoms with Crippen LogP contribution in [0.3, 0.4) is 0 Å². The third-order valence-electron chi connectivity index (χ3n) is 6.11. The van der Waals surface area contributed by atoms with Crippen molar-refractivity contribution in [2.75, 3.05) is 26.8 Å². The van der Waals surface area contributed by atoms with Crippen LogP contribution in [0.25, 0.3) is 11.4 Å². The minimum absolute atomic E-state index is 0.227. The first-order valence-corrected chi connectivity index (χ1v) is 13.9. The number of hydrogen-bond donors (Lipinski definition) is 0. The molecule has 6 rings (SSSR count). The Morgan fingerprint density at radius 1 is 0.649 bits per heavy atom. The first-order valence-electron chi connectivity index (χ1n) is 12.1. The van der Waals surface area contributed by atoms with E-state index in [-0.39, 0.29) is 13.6 Å². The molecular weight excluding hydrogens is 512 g/mol. The topological polar surface area (TPSA) is 115 Å². The lowest BCUT2D eigenvalue weighted by Gasteiger charge is -2.07. The molecule has 4 atom stereocenters. The summed E-state index contributed by atoms with van der Waals surface area (Å²) >= 11 is 3.39. The van der Waals surface area contributed by atoms with Crippen molar-refractivity contribution in [2.45, 2.75) is 33.7 Å². The molecule has 0 bridgehead atoms. The summed E-state index contributed by atoms with van der Waals surface area (Å²) < 4.78 is 20.4. The van der Waals surface area contributed by atoms with E-state index in [1.165, 1.54) is 0 Å². The van der Waals surface area contributed by atoms with E-state index in [0.717, 1.165) is 34.5 Å². The van der Waals surface area contributed by atoms with Gasteiger partial charge in [0.2, 0.25) is 10.3 Å². The molecule has 2 heterocycles. The third kappa shape index (κ3) is 6.36. The maximum atomic E-state index is 5.69. The van der Waals surface area contributed by atoms with Crippen molar-refractivity contribution in [1.82, 2.24) is 40.4 Å². The normalized spacial score (nSPS) is 22.3. The van der Waals surface area contributed by atoms with Gasteiger partial charge in [0.25, 0.3) is 0 Å². The summed E-state index contributed by atoms with van der Waals surface area (Å²) in [5.74, 6) is 0.958. The minimum Gasteiger partial charge on any atom is -0.355 e. The average Bonchev–Trinajstić information content (AvgIpc) is 3.72. The Balaban J connectivity index is 0.826. The van der Waals surface area contributed by atoms with E-state index in [1.54, 1.807) is 32.9 Å². The van der Waals surface area contributed by atoms with E-state index in [2.05, 4.69) is 31.1 Å². The first kappa shape index (κ1) is 24.5. The first-order chi connectivity index (χ1) is 18.3. The lowest BCUT2D eigenvalue weighted by molar-refractivity contribution is -0.134. The summed E-state index contributed by atoms with van der Waals surface area (Å²) in [5.41, 5.74) is 1.92. The molecule has 2 fully saturated rings. The molecule has 4 aromatic rings. The molecule has 11 nitrogen and oxygen atoms in total. The molecule has 4 unspecified atom stereocenters. The van der Waals surface area contributed by atoms with E-state index in [4.69, 9.17) is 14.2 Å². The van der Waals surface area contributed by atoms with Crippen LogP contribution in [0.2, 0.25) is 0 Å². The predicted octanol–water partition coefficient (Wildman–Crippen LogP) is 3.26. The van der Waals surface area contributed by atoms with Crippen LogP contribution in [0.15, 0.2) is 71.0 Å². The number of ether oxygens (including phenoxy) is 3. The van der Waals surface area contributed by atoms with Crippen molar-refractivity contribution >= 4 is 23.5 Å². The molecule has 2 aromatic heterocycles. The molecule has 0 saturated heterocycles. The zero-order valence-corrected chi connectivity index (χ0v) is 21.6. The Morgan fingerprint density at radius 3 is 1.57 bits per heavy atom. The van der Waals surface area contributed by atoms with Gasteiger partial charge in [-0.1, -0.05) is 59.9 Å². The SMILES string of the molecule is c1ccc(-n2nnnc2SC2CC2COCOCOCC2CC2Sc2nnnn2-c2ccccc2)cc1. The molecule has 0 N–H and O–H groups in total. The summed E-state index contributed by atoms with van der Waals surface area (Å²) in [6.07, 6.45) is 2.16. The van der Waals surface area contributed by atoms with Crippen molar-refractivity contribution in [3.63, 3.8) is 0 Å². The molecule has 2 saturated carbocycles. The fourth-order valence-electron chi connectivity index (χ4n) is 3.87. The molecule has 0 aliphatic heterocycles. The molecule has 13 heteroatoms. The van der Waals surface area contributed by atoms with Gasteiger partial charge in [-0.2, -0.15) is 9.36 Å². The van der Waals surface area contributed by atoms with Gasteiger partial charge in [-0.25, -0.2) is 0 Å². The van der Waals surface area contributed by atoms with Gasteiger partial charge in [-0.15, -0.1) is 10.2 Å². The summed E-state index contributed by atoms with van der Waals surface area (Å²) in [4.78, 5) is 0. The van der Waals surface area contributed by atoms with Crippen LogP contribution < -0.4 is 0 Å². The van der Waals surface area contributed by atoms with Gasteiger partial charge >= 0.3 is 0 Å². The summed E-state index contributed by atoms with van der Waals surface area (Å²) in [6.45, 7) is 1.76. The lowest BCUT2D eigenvalue weighted by Crippen LogP contribution is -2.09. The van der Waals surface area contributed by atoms with Crippen LogP contribution in [0.1, 0.15) is 12.8 Å². The molecule has 2 aliphatic rings. The lowest BCUT2D eigenvalue weighted by atomic mass is 10.3. The Bertz CT molecular complexity index is 1180. The summed E-state index contributed by atoms with van der Waals surface area (Å²) in [7, 11) is 0. The minimum atomic E-state index is 0.227. The Hall–Kier alpha value is -2.84. The monoisotopic (exact) mass is 538 g/mol. The number of aromatic nitrogens is 8. The largest absolute Gasteiger partial charge is 0.355 e. The zero-order valence-electron chi connectivity index (χ0n) is 19.9. The Kier molecular flexibility index (Phi) is 7.74. The molecule has 192 valence electrons. The van der Waals surface area contributed by atoms with E-state index in [1.807, 2.05) is 60.7 Å². The molecule has 0 amide bonds. The van der Waals surface area contributed by atoms with Crippen LogP contribution in [-0.2, 0) is 14.2 Å². The van der Waals surface area contributed by atoms with Crippen LogP contribution in [0.4, 0.5) is 0 Å². The number of rotatable bonds is 14. The molecule has 2 aromatic carbocycles. The van der Waals surface area contributed by atoms with Gasteiger partial charge in [-0.05, 0) is 69.8 Å². The second kappa shape index (κ2) is 11.7. The maximum Gasteiger partial charge on any atom is 0.214 e. The highest BCUT2D eigenvalue weighted by atomic mass is 32.2. The number of hydrogen-bond acceptors (Lipinski definition) is 11. The van der Waals surface area contributed by atoms with E-state index >= 15 is 0 Å². The predicted molar refractivity (Wildman–Crippen MR) is 137 cm³/mol. The number of nitrogens with zero attached hydrogens (tertiary/aromatic N) is 8. The highest BCUT2D eigenvalue weighted by Crippen LogP contribution is 2.45. The maximum absolute atomic E-state index is 5.69. The zero-order chi connectivity index (χ0) is 24.9. The van der Waals surface area contributed by atoms with Crippen molar-refractivity contribution in [3.05, 3.63) is 60.7 Å². The average molecular weight is 539 g/mol. The van der Waals surface area contributed by atoms with Crippen LogP contribution >= 0.6 is 23.5 Å². The number of benzene rings is 2. The van der Waals surface area contributed by atoms with E-state index in [0.29, 0.717) is 35.5 Å². The van der Waals surface area contributed by atoms with Gasteiger partial charge in [-0.3, -0.25) is 0 Å². The third-order valence-corrected chi connectivity index (χ3v) is 8.80. The van der Waals surface area contributed by atoms with E-state index in [9.17, 15) is 0 Å². The Morgan fingerprint density at radius 2 is 1.11 bits per heavy atom. The fraction of sp³-hybridized carbons (Fsp3) is 0.417. The fourth-order valence-corrected chi connectivity index (χ4v) is 6.29. The second-order valence-electron chi connectivity index (χ2n) is 8.90. The quantitative estimate of drug-likeness (QED) is 0.174. The van der Waals surface area contributed by atoms with Gasteiger partial charge in [0.05, 0.1) is 24.6 Å². The van der Waals surface area contributed by atoms with Gasteiger partial charge in [0, 0.05) is 10.5 Å². The van der Waals surface area contributed by atoms with Crippen molar-refractivity contribution in [3.8, 4) is 11.4 Å². The molecular formula is C24H26N8O3S2. The van der Waals surface area contributed by atoms with Crippen molar-refractivity contribution in [2.24, 2.45) is 11.8 Å². The number of thioether (sulfide) groups is 2. The van der Waals surface area contributed by atoms with Crippen LogP contribution in [0.5, 0.6) is 0 Å². The molecule has 0 spiro atoms. The smallest absolute Gasteiger partial charge is 0.214 e. The van der Waals surface area contributed by atoms with Crippen molar-refractivity contribution < 1.29 is 14.2 Å². The molecule has 37 heavy (non-hydrogen) atoms. The highest BCUT2D eigenvalue weighted by Gasteiger charge is 2.40. The summed E-state index contributed by atoms with van der Waals surface area (Å²) in [5, 5.41) is 26.7. The summed E-state index contributed by atoms with van der Waals surface area (Å²) in [6, 6.07) is 19.8. The molecule has 0 radical (unpaired) electrons. The Labute approximate surface area is 222 Å². The molecule has 2 aliphatic carbocycles. The van der Waals surface area contributed by atoms with Crippen LogP contribution in [-0.4, -0.2) is 77.7 Å². The van der Waals surface area contributed by atoms with Gasteiger partial charge in [0.1, 0.15) is 13.6 Å². The van der Waals surface area contributed by atoms with Gasteiger partial charge < -0.3 is 14.2 Å².